The van der Waals surface area contributed by atoms with E-state index in [0.717, 1.165) is 12.1 Å². The number of amides is 2. The minimum Gasteiger partial charge on any atom is -0.494 e. The highest BCUT2D eigenvalue weighted by molar-refractivity contribution is 5.98. The van der Waals surface area contributed by atoms with Gasteiger partial charge in [-0.2, -0.15) is 0 Å². The van der Waals surface area contributed by atoms with Crippen LogP contribution < -0.4 is 4.74 Å². The van der Waals surface area contributed by atoms with Crippen LogP contribution in [0.25, 0.3) is 0 Å². The quantitative estimate of drug-likeness (QED) is 0.632. The topological polar surface area (TPSA) is 66.9 Å². The summed E-state index contributed by atoms with van der Waals surface area (Å²) in [6.07, 6.45) is 0.185. The third kappa shape index (κ3) is 5.65. The van der Waals surface area contributed by atoms with Gasteiger partial charge in [0, 0.05) is 50.1 Å². The highest BCUT2D eigenvalue weighted by Crippen LogP contribution is 2.16. The molecule has 0 atom stereocenters. The Hall–Kier alpha value is -3.29. The minimum absolute atomic E-state index is 0.0691. The van der Waals surface area contributed by atoms with Gasteiger partial charge in [-0.25, -0.2) is 8.78 Å². The van der Waals surface area contributed by atoms with E-state index in [1.54, 1.807) is 29.2 Å². The average molecular weight is 430 g/mol. The molecule has 0 aliphatic carbocycles. The van der Waals surface area contributed by atoms with Gasteiger partial charge in [0.05, 0.1) is 6.61 Å². The Morgan fingerprint density at radius 2 is 1.45 bits per heavy atom. The maximum atomic E-state index is 13.4. The van der Waals surface area contributed by atoms with Gasteiger partial charge in [0.25, 0.3) is 5.91 Å². The van der Waals surface area contributed by atoms with E-state index < -0.39 is 17.5 Å². The Morgan fingerprint density at radius 3 is 2.06 bits per heavy atom. The van der Waals surface area contributed by atoms with E-state index in [0.29, 0.717) is 31.0 Å². The SMILES string of the molecule is CCOc1ccc(C(=O)CCC(=O)N2CCN(C(=O)c3ccc(F)c(F)c3)CC2)cc1. The fourth-order valence-electron chi connectivity index (χ4n) is 3.40. The third-order valence-corrected chi connectivity index (χ3v) is 5.14. The maximum absolute atomic E-state index is 13.4. The zero-order chi connectivity index (χ0) is 22.4. The summed E-state index contributed by atoms with van der Waals surface area (Å²) in [5, 5.41) is 0. The van der Waals surface area contributed by atoms with Crippen LogP contribution >= 0.6 is 0 Å². The number of carbonyl (C=O) groups is 3. The molecule has 2 aromatic carbocycles. The number of ketones is 1. The molecule has 8 heteroatoms. The molecule has 164 valence electrons. The Balaban J connectivity index is 1.47. The molecule has 1 fully saturated rings. The van der Waals surface area contributed by atoms with Crippen LogP contribution in [0.2, 0.25) is 0 Å². The first-order valence-corrected chi connectivity index (χ1v) is 10.2. The van der Waals surface area contributed by atoms with E-state index in [4.69, 9.17) is 4.74 Å². The molecule has 1 aliphatic heterocycles. The first-order valence-electron chi connectivity index (χ1n) is 10.2. The molecule has 0 unspecified atom stereocenters. The van der Waals surface area contributed by atoms with Crippen molar-refractivity contribution in [3.05, 3.63) is 65.2 Å². The van der Waals surface area contributed by atoms with Crippen LogP contribution in [-0.2, 0) is 4.79 Å². The third-order valence-electron chi connectivity index (χ3n) is 5.14. The highest BCUT2D eigenvalue weighted by Gasteiger charge is 2.25. The van der Waals surface area contributed by atoms with Crippen molar-refractivity contribution in [2.75, 3.05) is 32.8 Å². The highest BCUT2D eigenvalue weighted by atomic mass is 19.2. The number of Topliss-reactive ketones (excluding diaryl/α,β-unsaturated/α-hetero) is 1. The normalized spacial score (nSPS) is 13.8. The molecule has 1 aliphatic rings. The smallest absolute Gasteiger partial charge is 0.254 e. The van der Waals surface area contributed by atoms with Crippen molar-refractivity contribution in [1.29, 1.82) is 0 Å². The fraction of sp³-hybridized carbons (Fsp3) is 0.348. The zero-order valence-electron chi connectivity index (χ0n) is 17.3. The van der Waals surface area contributed by atoms with Crippen LogP contribution in [0.3, 0.4) is 0 Å². The molecule has 0 radical (unpaired) electrons. The summed E-state index contributed by atoms with van der Waals surface area (Å²) >= 11 is 0. The molecule has 0 bridgehead atoms. The van der Waals surface area contributed by atoms with Crippen LogP contribution in [0.1, 0.15) is 40.5 Å². The maximum Gasteiger partial charge on any atom is 0.254 e. The van der Waals surface area contributed by atoms with Gasteiger partial charge in [-0.15, -0.1) is 0 Å². The first kappa shape index (κ1) is 22.4. The molecular formula is C23H24F2N2O4. The van der Waals surface area contributed by atoms with E-state index in [9.17, 15) is 23.2 Å². The van der Waals surface area contributed by atoms with Crippen LogP contribution in [0.15, 0.2) is 42.5 Å². The molecule has 1 heterocycles. The van der Waals surface area contributed by atoms with Crippen LogP contribution in [0, 0.1) is 11.6 Å². The van der Waals surface area contributed by atoms with Crippen molar-refractivity contribution in [3.63, 3.8) is 0 Å². The average Bonchev–Trinajstić information content (AvgIpc) is 2.79. The molecule has 0 aromatic heterocycles. The van der Waals surface area contributed by atoms with Gasteiger partial charge in [-0.3, -0.25) is 14.4 Å². The predicted molar refractivity (Wildman–Crippen MR) is 110 cm³/mol. The lowest BCUT2D eigenvalue weighted by Gasteiger charge is -2.35. The molecule has 31 heavy (non-hydrogen) atoms. The number of carbonyl (C=O) groups excluding carboxylic acids is 3. The molecular weight excluding hydrogens is 406 g/mol. The molecule has 2 aromatic rings. The van der Waals surface area contributed by atoms with Crippen molar-refractivity contribution in [2.45, 2.75) is 19.8 Å². The molecule has 0 saturated carbocycles. The van der Waals surface area contributed by atoms with Gasteiger partial charge in [0.15, 0.2) is 17.4 Å². The number of piperazine rings is 1. The summed E-state index contributed by atoms with van der Waals surface area (Å²) in [6.45, 7) is 3.65. The number of rotatable bonds is 7. The summed E-state index contributed by atoms with van der Waals surface area (Å²) in [5.41, 5.74) is 0.595. The number of ether oxygens (including phenoxy) is 1. The molecule has 6 nitrogen and oxygen atoms in total. The lowest BCUT2D eigenvalue weighted by atomic mass is 10.1. The van der Waals surface area contributed by atoms with Crippen LogP contribution in [0.4, 0.5) is 8.78 Å². The Kier molecular flexibility index (Phi) is 7.33. The largest absolute Gasteiger partial charge is 0.494 e. The summed E-state index contributed by atoms with van der Waals surface area (Å²) < 4.78 is 31.8. The van der Waals surface area contributed by atoms with E-state index in [-0.39, 0.29) is 43.2 Å². The number of benzene rings is 2. The minimum atomic E-state index is -1.07. The lowest BCUT2D eigenvalue weighted by molar-refractivity contribution is -0.132. The van der Waals surface area contributed by atoms with E-state index in [2.05, 4.69) is 0 Å². The molecule has 1 saturated heterocycles. The molecule has 2 amide bonds. The van der Waals surface area contributed by atoms with Gasteiger partial charge >= 0.3 is 0 Å². The molecule has 0 spiro atoms. The monoisotopic (exact) mass is 430 g/mol. The second-order valence-corrected chi connectivity index (χ2v) is 7.18. The second kappa shape index (κ2) is 10.1. The first-order chi connectivity index (χ1) is 14.9. The number of hydrogen-bond donors (Lipinski definition) is 0. The standard InChI is InChI=1S/C23H24F2N2O4/c1-2-31-18-6-3-16(4-7-18)21(28)9-10-22(29)26-11-13-27(14-12-26)23(30)17-5-8-19(24)20(25)15-17/h3-8,15H,2,9-14H2,1H3. The van der Waals surface area contributed by atoms with Crippen molar-refractivity contribution in [3.8, 4) is 5.75 Å². The van der Waals surface area contributed by atoms with Crippen molar-refractivity contribution >= 4 is 17.6 Å². The number of hydrogen-bond acceptors (Lipinski definition) is 4. The predicted octanol–water partition coefficient (Wildman–Crippen LogP) is 3.31. The second-order valence-electron chi connectivity index (χ2n) is 7.18. The Labute approximate surface area is 179 Å². The number of nitrogens with zero attached hydrogens (tertiary/aromatic N) is 2. The summed E-state index contributed by atoms with van der Waals surface area (Å²) in [6, 6.07) is 9.85. The van der Waals surface area contributed by atoms with Gasteiger partial charge in [0.2, 0.25) is 5.91 Å². The van der Waals surface area contributed by atoms with E-state index >= 15 is 0 Å². The van der Waals surface area contributed by atoms with Crippen molar-refractivity contribution in [1.82, 2.24) is 9.80 Å². The van der Waals surface area contributed by atoms with Crippen molar-refractivity contribution < 1.29 is 27.9 Å². The Morgan fingerprint density at radius 1 is 0.839 bits per heavy atom. The van der Waals surface area contributed by atoms with Gasteiger partial charge in [-0.05, 0) is 49.4 Å². The molecule has 0 N–H and O–H groups in total. The summed E-state index contributed by atoms with van der Waals surface area (Å²) in [4.78, 5) is 40.4. The van der Waals surface area contributed by atoms with Crippen molar-refractivity contribution in [2.24, 2.45) is 0 Å². The number of halogens is 2. The summed E-state index contributed by atoms with van der Waals surface area (Å²) in [5.74, 6) is -2.08. The lowest BCUT2D eigenvalue weighted by Crippen LogP contribution is -2.50. The zero-order valence-corrected chi connectivity index (χ0v) is 17.3. The van der Waals surface area contributed by atoms with E-state index in [1.165, 1.54) is 11.0 Å². The van der Waals surface area contributed by atoms with Gasteiger partial charge in [0.1, 0.15) is 5.75 Å². The van der Waals surface area contributed by atoms with Gasteiger partial charge in [-0.1, -0.05) is 0 Å². The van der Waals surface area contributed by atoms with Gasteiger partial charge < -0.3 is 14.5 Å². The fourth-order valence-corrected chi connectivity index (χ4v) is 3.40. The van der Waals surface area contributed by atoms with E-state index in [1.807, 2.05) is 6.92 Å². The van der Waals surface area contributed by atoms with Crippen LogP contribution in [0.5, 0.6) is 5.75 Å². The molecule has 3 rings (SSSR count). The Bertz CT molecular complexity index is 955. The van der Waals surface area contributed by atoms with Crippen LogP contribution in [-0.4, -0.2) is 60.2 Å². The summed E-state index contributed by atoms with van der Waals surface area (Å²) in [7, 11) is 0.